The van der Waals surface area contributed by atoms with E-state index in [1.807, 2.05) is 0 Å². The molecule has 0 heterocycles. The van der Waals surface area contributed by atoms with E-state index in [-0.39, 0.29) is 5.69 Å². The molecule has 0 amide bonds. The largest absolute Gasteiger partial charge is 0.342 e. The Morgan fingerprint density at radius 3 is 2.91 bits per heavy atom. The maximum absolute atomic E-state index is 12.7. The summed E-state index contributed by atoms with van der Waals surface area (Å²) in [6.45, 7) is 0. The quantitative estimate of drug-likeness (QED) is 0.566. The van der Waals surface area contributed by atoms with Gasteiger partial charge >= 0.3 is 0 Å². The second-order valence-corrected chi connectivity index (χ2v) is 2.49. The van der Waals surface area contributed by atoms with Gasteiger partial charge in [0.25, 0.3) is 0 Å². The van der Waals surface area contributed by atoms with Crippen molar-refractivity contribution in [2.24, 2.45) is 0 Å². The fourth-order valence-corrected chi connectivity index (χ4v) is 0.930. The lowest BCUT2D eigenvalue weighted by Gasteiger charge is -2.00. The van der Waals surface area contributed by atoms with Crippen LogP contribution in [0.15, 0.2) is 18.2 Å². The summed E-state index contributed by atoms with van der Waals surface area (Å²) in [5.41, 5.74) is 2.43. The van der Waals surface area contributed by atoms with E-state index in [1.54, 1.807) is 0 Å². The standard InChI is InChI=1S/C7H4ClFNS/c8-5-1-2-6(9)7(3-5)10-4-11/h1-3H,(H,10,11). The fraction of sp³-hybridized carbons (Fsp3) is 0. The molecule has 1 aromatic carbocycles. The molecule has 0 bridgehead atoms. The molecule has 0 aliphatic carbocycles. The van der Waals surface area contributed by atoms with Crippen LogP contribution in [0, 0.1) is 5.82 Å². The Labute approximate surface area is 74.2 Å². The zero-order chi connectivity index (χ0) is 8.27. The van der Waals surface area contributed by atoms with E-state index in [0.29, 0.717) is 5.02 Å². The average Bonchev–Trinajstić information content (AvgIpc) is 1.98. The van der Waals surface area contributed by atoms with E-state index in [0.717, 1.165) is 0 Å². The predicted octanol–water partition coefficient (Wildman–Crippen LogP) is 2.73. The summed E-state index contributed by atoms with van der Waals surface area (Å²) in [5, 5.41) is 2.88. The van der Waals surface area contributed by atoms with Crippen LogP contribution in [-0.4, -0.2) is 5.49 Å². The van der Waals surface area contributed by atoms with E-state index in [9.17, 15) is 4.39 Å². The van der Waals surface area contributed by atoms with Crippen LogP contribution in [0.25, 0.3) is 0 Å². The molecule has 1 nitrogen and oxygen atoms in total. The molecule has 0 aromatic heterocycles. The van der Waals surface area contributed by atoms with Gasteiger partial charge < -0.3 is 5.32 Å². The Balaban J connectivity index is 3.01. The molecular weight excluding hydrogens is 185 g/mol. The van der Waals surface area contributed by atoms with Crippen LogP contribution in [0.4, 0.5) is 10.1 Å². The number of thiocarbonyl (C=S) groups is 1. The summed E-state index contributed by atoms with van der Waals surface area (Å²) in [6, 6.07) is 4.17. The maximum Gasteiger partial charge on any atom is 0.146 e. The zero-order valence-electron chi connectivity index (χ0n) is 5.40. The van der Waals surface area contributed by atoms with Crippen LogP contribution >= 0.6 is 23.8 Å². The second-order valence-electron chi connectivity index (χ2n) is 1.85. The number of rotatable bonds is 2. The molecule has 1 N–H and O–H groups in total. The number of hydrogen-bond acceptors (Lipinski definition) is 1. The van der Waals surface area contributed by atoms with E-state index in [1.165, 1.54) is 18.2 Å². The van der Waals surface area contributed by atoms with Crippen molar-refractivity contribution in [1.82, 2.24) is 0 Å². The van der Waals surface area contributed by atoms with Gasteiger partial charge in [-0.3, -0.25) is 0 Å². The van der Waals surface area contributed by atoms with Gasteiger partial charge in [-0.2, -0.15) is 0 Å². The highest BCUT2D eigenvalue weighted by Gasteiger charge is 1.99. The monoisotopic (exact) mass is 188 g/mol. The topological polar surface area (TPSA) is 12.0 Å². The number of halogens is 2. The molecule has 57 valence electrons. The smallest absolute Gasteiger partial charge is 0.146 e. The first kappa shape index (κ1) is 8.43. The molecule has 4 heteroatoms. The van der Waals surface area contributed by atoms with Gasteiger partial charge in [0.05, 0.1) is 5.69 Å². The fourth-order valence-electron chi connectivity index (χ4n) is 0.648. The Bertz CT molecular complexity index is 277. The van der Waals surface area contributed by atoms with E-state index in [2.05, 4.69) is 23.0 Å². The minimum atomic E-state index is -0.397. The predicted molar refractivity (Wildman–Crippen MR) is 47.6 cm³/mol. The van der Waals surface area contributed by atoms with Gasteiger partial charge in [-0.1, -0.05) is 23.8 Å². The second kappa shape index (κ2) is 3.64. The van der Waals surface area contributed by atoms with Crippen molar-refractivity contribution >= 4 is 35.0 Å². The Morgan fingerprint density at radius 2 is 2.27 bits per heavy atom. The molecule has 0 spiro atoms. The SMILES string of the molecule is Fc1ccc(Cl)cc1N[C]=S. The molecule has 1 aromatic rings. The van der Waals surface area contributed by atoms with Gasteiger partial charge in [0.15, 0.2) is 0 Å². The van der Waals surface area contributed by atoms with Crippen molar-refractivity contribution in [3.05, 3.63) is 29.0 Å². The lowest BCUT2D eigenvalue weighted by molar-refractivity contribution is 0.632. The summed E-state index contributed by atoms with van der Waals surface area (Å²) < 4.78 is 12.7. The number of anilines is 1. The molecule has 1 rings (SSSR count). The highest BCUT2D eigenvalue weighted by Crippen LogP contribution is 2.18. The van der Waals surface area contributed by atoms with Crippen molar-refractivity contribution in [1.29, 1.82) is 0 Å². The van der Waals surface area contributed by atoms with Crippen LogP contribution in [0.1, 0.15) is 0 Å². The van der Waals surface area contributed by atoms with Crippen LogP contribution in [0.5, 0.6) is 0 Å². The minimum Gasteiger partial charge on any atom is -0.342 e. The summed E-state index contributed by atoms with van der Waals surface area (Å²) in [5.74, 6) is -0.397. The van der Waals surface area contributed by atoms with Crippen LogP contribution in [-0.2, 0) is 0 Å². The van der Waals surface area contributed by atoms with Gasteiger partial charge in [-0.15, -0.1) is 0 Å². The number of hydrogen-bond donors (Lipinski definition) is 1. The zero-order valence-corrected chi connectivity index (χ0v) is 6.97. The van der Waals surface area contributed by atoms with E-state index >= 15 is 0 Å². The molecule has 0 aliphatic rings. The van der Waals surface area contributed by atoms with Gasteiger partial charge in [-0.25, -0.2) is 4.39 Å². The first-order valence-corrected chi connectivity index (χ1v) is 3.61. The Kier molecular flexibility index (Phi) is 2.79. The molecule has 1 radical (unpaired) electrons. The van der Waals surface area contributed by atoms with Gasteiger partial charge in [-0.05, 0) is 18.2 Å². The molecule has 11 heavy (non-hydrogen) atoms. The summed E-state index contributed by atoms with van der Waals surface area (Å²) in [7, 11) is 0. The van der Waals surface area contributed by atoms with Gasteiger partial charge in [0, 0.05) is 5.02 Å². The highest BCUT2D eigenvalue weighted by atomic mass is 35.5. The van der Waals surface area contributed by atoms with Crippen LogP contribution in [0.2, 0.25) is 5.02 Å². The lowest BCUT2D eigenvalue weighted by atomic mass is 10.3. The third kappa shape index (κ3) is 2.13. The van der Waals surface area contributed by atoms with Crippen molar-refractivity contribution in [3.63, 3.8) is 0 Å². The normalized spacial score (nSPS) is 9.27. The third-order valence-electron chi connectivity index (χ3n) is 1.11. The molecule has 0 aliphatic heterocycles. The molecular formula is C7H4ClFNS. The molecule has 0 unspecified atom stereocenters. The van der Waals surface area contributed by atoms with E-state index in [4.69, 9.17) is 11.6 Å². The third-order valence-corrected chi connectivity index (χ3v) is 1.45. The Morgan fingerprint density at radius 1 is 1.55 bits per heavy atom. The molecule has 0 saturated carbocycles. The average molecular weight is 189 g/mol. The molecule has 0 saturated heterocycles. The van der Waals surface area contributed by atoms with Crippen molar-refractivity contribution in [2.45, 2.75) is 0 Å². The van der Waals surface area contributed by atoms with Crippen LogP contribution in [0.3, 0.4) is 0 Å². The first-order valence-electron chi connectivity index (χ1n) is 2.82. The highest BCUT2D eigenvalue weighted by molar-refractivity contribution is 7.79. The maximum atomic E-state index is 12.7. The molecule has 0 fully saturated rings. The lowest BCUT2D eigenvalue weighted by Crippen LogP contribution is -1.94. The van der Waals surface area contributed by atoms with Crippen LogP contribution < -0.4 is 5.32 Å². The Hall–Kier alpha value is -0.670. The summed E-state index contributed by atoms with van der Waals surface area (Å²) >= 11 is 9.95. The number of benzene rings is 1. The van der Waals surface area contributed by atoms with Gasteiger partial charge in [0.2, 0.25) is 0 Å². The van der Waals surface area contributed by atoms with Crippen molar-refractivity contribution < 1.29 is 4.39 Å². The minimum absolute atomic E-state index is 0.243. The summed E-state index contributed by atoms with van der Waals surface area (Å²) in [4.78, 5) is 0. The first-order chi connectivity index (χ1) is 5.24. The summed E-state index contributed by atoms with van der Waals surface area (Å²) in [6.07, 6.45) is 0. The van der Waals surface area contributed by atoms with Crippen molar-refractivity contribution in [2.75, 3.05) is 5.32 Å². The van der Waals surface area contributed by atoms with E-state index < -0.39 is 5.82 Å². The van der Waals surface area contributed by atoms with Crippen molar-refractivity contribution in [3.8, 4) is 0 Å². The molecule has 0 atom stereocenters. The number of nitrogens with one attached hydrogen (secondary N) is 1. The van der Waals surface area contributed by atoms with Gasteiger partial charge in [0.1, 0.15) is 11.3 Å².